The molecular formula is C12H14N2O3. The highest BCUT2D eigenvalue weighted by atomic mass is 16.5. The van der Waals surface area contributed by atoms with Crippen molar-refractivity contribution < 1.29 is 14.3 Å². The minimum atomic E-state index is -0.496. The van der Waals surface area contributed by atoms with Crippen LogP contribution in [0.15, 0.2) is 24.3 Å². The minimum Gasteiger partial charge on any atom is -0.479 e. The van der Waals surface area contributed by atoms with Gasteiger partial charge in [0.2, 0.25) is 0 Å². The van der Waals surface area contributed by atoms with E-state index in [4.69, 9.17) is 14.7 Å². The molecule has 1 N–H and O–H groups in total. The van der Waals surface area contributed by atoms with Crippen LogP contribution in [0.3, 0.4) is 0 Å². The molecule has 1 aromatic rings. The molecule has 1 rings (SSSR count). The molecule has 0 heterocycles. The molecule has 5 nitrogen and oxygen atoms in total. The third-order valence-corrected chi connectivity index (χ3v) is 2.15. The highest BCUT2D eigenvalue weighted by Gasteiger charge is 2.11. The number of benzene rings is 1. The fourth-order valence-corrected chi connectivity index (χ4v) is 1.10. The predicted octanol–water partition coefficient (Wildman–Crippen LogP) is 1.56. The van der Waals surface area contributed by atoms with E-state index in [-0.39, 0.29) is 12.5 Å². The maximum Gasteiger partial charge on any atom is 0.253 e. The summed E-state index contributed by atoms with van der Waals surface area (Å²) in [5, 5.41) is 11.0. The van der Waals surface area contributed by atoms with Crippen LogP contribution in [-0.4, -0.2) is 25.7 Å². The zero-order valence-corrected chi connectivity index (χ0v) is 9.77. The van der Waals surface area contributed by atoms with Gasteiger partial charge < -0.3 is 14.8 Å². The first kappa shape index (κ1) is 13.0. The number of methoxy groups -OCH3 is 1. The van der Waals surface area contributed by atoms with E-state index in [9.17, 15) is 4.79 Å². The second-order valence-corrected chi connectivity index (χ2v) is 3.34. The average Bonchev–Trinajstić information content (AvgIpc) is 2.37. The van der Waals surface area contributed by atoms with Crippen LogP contribution in [0.1, 0.15) is 6.92 Å². The summed E-state index contributed by atoms with van der Waals surface area (Å²) < 4.78 is 9.97. The van der Waals surface area contributed by atoms with E-state index in [1.54, 1.807) is 31.2 Å². The lowest BCUT2D eigenvalue weighted by molar-refractivity contribution is -0.124. The fourth-order valence-electron chi connectivity index (χ4n) is 1.10. The van der Waals surface area contributed by atoms with Crippen molar-refractivity contribution in [2.75, 3.05) is 19.0 Å². The van der Waals surface area contributed by atoms with Gasteiger partial charge in [-0.3, -0.25) is 4.79 Å². The van der Waals surface area contributed by atoms with Gasteiger partial charge in [-0.05, 0) is 31.2 Å². The Kier molecular flexibility index (Phi) is 4.98. The van der Waals surface area contributed by atoms with Crippen molar-refractivity contribution in [1.82, 2.24) is 0 Å². The highest BCUT2D eigenvalue weighted by molar-refractivity contribution is 5.93. The molecule has 0 spiro atoms. The zero-order chi connectivity index (χ0) is 12.7. The van der Waals surface area contributed by atoms with Gasteiger partial charge in [0.25, 0.3) is 5.91 Å². The summed E-state index contributed by atoms with van der Waals surface area (Å²) in [6.07, 6.45) is -0.496. The van der Waals surface area contributed by atoms with Gasteiger partial charge in [-0.25, -0.2) is 0 Å². The number of carbonyl (C=O) groups excluding carboxylic acids is 1. The lowest BCUT2D eigenvalue weighted by Crippen LogP contribution is -2.26. The lowest BCUT2D eigenvalue weighted by atomic mass is 10.3. The smallest absolute Gasteiger partial charge is 0.253 e. The number of anilines is 1. The molecule has 0 aliphatic rings. The molecule has 1 unspecified atom stereocenters. The maximum absolute atomic E-state index is 11.5. The molecule has 0 aliphatic carbocycles. The van der Waals surface area contributed by atoms with Crippen molar-refractivity contribution in [3.63, 3.8) is 0 Å². The second-order valence-electron chi connectivity index (χ2n) is 3.34. The Morgan fingerprint density at radius 1 is 1.47 bits per heavy atom. The van der Waals surface area contributed by atoms with Crippen LogP contribution in [0.2, 0.25) is 0 Å². The first-order valence-electron chi connectivity index (χ1n) is 5.11. The second kappa shape index (κ2) is 6.51. The Bertz CT molecular complexity index is 409. The molecule has 1 aromatic carbocycles. The van der Waals surface area contributed by atoms with Gasteiger partial charge in [0.15, 0.2) is 6.61 Å². The molecule has 1 amide bonds. The summed E-state index contributed by atoms with van der Waals surface area (Å²) >= 11 is 0. The summed E-state index contributed by atoms with van der Waals surface area (Å²) in [7, 11) is 1.48. The van der Waals surface area contributed by atoms with Gasteiger partial charge >= 0.3 is 0 Å². The molecule has 0 fully saturated rings. The van der Waals surface area contributed by atoms with E-state index < -0.39 is 6.10 Å². The van der Waals surface area contributed by atoms with Crippen LogP contribution in [0.4, 0.5) is 5.69 Å². The van der Waals surface area contributed by atoms with Crippen molar-refractivity contribution in [2.24, 2.45) is 0 Å². The summed E-state index contributed by atoms with van der Waals surface area (Å²) in [6, 6.07) is 8.65. The molecule has 5 heteroatoms. The van der Waals surface area contributed by atoms with E-state index in [1.807, 2.05) is 6.07 Å². The molecule has 90 valence electrons. The summed E-state index contributed by atoms with van der Waals surface area (Å²) in [5.41, 5.74) is 0.656. The molecule has 0 radical (unpaired) electrons. The maximum atomic E-state index is 11.5. The van der Waals surface area contributed by atoms with Gasteiger partial charge in [-0.1, -0.05) is 0 Å². The van der Waals surface area contributed by atoms with Crippen LogP contribution in [0.25, 0.3) is 0 Å². The highest BCUT2D eigenvalue weighted by Crippen LogP contribution is 2.15. The summed E-state index contributed by atoms with van der Waals surface area (Å²) in [4.78, 5) is 11.5. The minimum absolute atomic E-state index is 0.00636. The first-order valence-corrected chi connectivity index (χ1v) is 5.11. The van der Waals surface area contributed by atoms with Crippen molar-refractivity contribution in [3.8, 4) is 11.8 Å². The number of nitriles is 1. The number of hydrogen-bond acceptors (Lipinski definition) is 4. The Hall–Kier alpha value is -2.06. The number of rotatable bonds is 5. The topological polar surface area (TPSA) is 71.3 Å². The number of nitrogens with zero attached hydrogens (tertiary/aromatic N) is 1. The van der Waals surface area contributed by atoms with E-state index in [1.165, 1.54) is 7.11 Å². The van der Waals surface area contributed by atoms with Crippen molar-refractivity contribution in [3.05, 3.63) is 24.3 Å². The Morgan fingerprint density at radius 3 is 2.65 bits per heavy atom. The summed E-state index contributed by atoms with van der Waals surface area (Å²) in [5.74, 6) is 0.377. The monoisotopic (exact) mass is 234 g/mol. The number of nitrogens with one attached hydrogen (secondary N) is 1. The van der Waals surface area contributed by atoms with Crippen molar-refractivity contribution >= 4 is 11.6 Å². The number of ether oxygens (including phenoxy) is 2. The average molecular weight is 234 g/mol. The molecule has 1 atom stereocenters. The standard InChI is InChI=1S/C12H14N2O3/c1-9(16-2)12(15)14-10-3-5-11(6-4-10)17-8-7-13/h3-6,9H,8H2,1-2H3,(H,14,15). The quantitative estimate of drug-likeness (QED) is 0.839. The van der Waals surface area contributed by atoms with E-state index in [2.05, 4.69) is 5.32 Å². The number of amides is 1. The third-order valence-electron chi connectivity index (χ3n) is 2.15. The van der Waals surface area contributed by atoms with E-state index in [0.717, 1.165) is 0 Å². The Balaban J connectivity index is 2.57. The molecule has 17 heavy (non-hydrogen) atoms. The molecule has 0 bridgehead atoms. The van der Waals surface area contributed by atoms with E-state index in [0.29, 0.717) is 11.4 Å². The van der Waals surface area contributed by atoms with E-state index >= 15 is 0 Å². The molecule has 0 aromatic heterocycles. The van der Waals surface area contributed by atoms with Crippen molar-refractivity contribution in [2.45, 2.75) is 13.0 Å². The van der Waals surface area contributed by atoms with Crippen LogP contribution >= 0.6 is 0 Å². The van der Waals surface area contributed by atoms with Crippen LogP contribution in [0, 0.1) is 11.3 Å². The molecular weight excluding hydrogens is 220 g/mol. The largest absolute Gasteiger partial charge is 0.479 e. The first-order chi connectivity index (χ1) is 8.17. The third kappa shape index (κ3) is 4.13. The zero-order valence-electron chi connectivity index (χ0n) is 9.77. The van der Waals surface area contributed by atoms with Gasteiger partial charge in [-0.2, -0.15) is 5.26 Å². The molecule has 0 saturated carbocycles. The lowest BCUT2D eigenvalue weighted by Gasteiger charge is -2.10. The van der Waals surface area contributed by atoms with Crippen LogP contribution in [-0.2, 0) is 9.53 Å². The predicted molar refractivity (Wildman–Crippen MR) is 62.7 cm³/mol. The molecule has 0 aliphatic heterocycles. The Morgan fingerprint density at radius 2 is 2.12 bits per heavy atom. The molecule has 0 saturated heterocycles. The normalized spacial score (nSPS) is 11.4. The Labute approximate surface area is 100.0 Å². The van der Waals surface area contributed by atoms with Crippen molar-refractivity contribution in [1.29, 1.82) is 5.26 Å². The van der Waals surface area contributed by atoms with Gasteiger partial charge in [0.05, 0.1) is 0 Å². The summed E-state index contributed by atoms with van der Waals surface area (Å²) in [6.45, 7) is 1.67. The number of hydrogen-bond donors (Lipinski definition) is 1. The fraction of sp³-hybridized carbons (Fsp3) is 0.333. The van der Waals surface area contributed by atoms with Gasteiger partial charge in [-0.15, -0.1) is 0 Å². The van der Waals surface area contributed by atoms with Crippen LogP contribution < -0.4 is 10.1 Å². The van der Waals surface area contributed by atoms with Gasteiger partial charge in [0, 0.05) is 12.8 Å². The SMILES string of the molecule is COC(C)C(=O)Nc1ccc(OCC#N)cc1. The van der Waals surface area contributed by atoms with Crippen LogP contribution in [0.5, 0.6) is 5.75 Å². The number of carbonyl (C=O) groups is 1. The van der Waals surface area contributed by atoms with Gasteiger partial charge in [0.1, 0.15) is 17.9 Å².